The average molecular weight is 1010 g/mol. The Bertz CT molecular complexity index is 2890. The lowest BCUT2D eigenvalue weighted by Gasteiger charge is -2.37. The first-order valence-corrected chi connectivity index (χ1v) is 24.5. The van der Waals surface area contributed by atoms with Crippen molar-refractivity contribution in [3.8, 4) is 11.4 Å². The van der Waals surface area contributed by atoms with Crippen LogP contribution in [-0.4, -0.2) is 105 Å². The predicted molar refractivity (Wildman–Crippen MR) is 266 cm³/mol. The Kier molecular flexibility index (Phi) is 16.2. The largest absolute Gasteiger partial charge is 0.493 e. The summed E-state index contributed by atoms with van der Waals surface area (Å²) in [6, 6.07) is 21.5. The molecule has 73 heavy (non-hydrogen) atoms. The number of ether oxygens (including phenoxy) is 4. The number of nitrogens with zero attached hydrogens (tertiary/aromatic N) is 10. The van der Waals surface area contributed by atoms with E-state index < -0.39 is 47.7 Å². The van der Waals surface area contributed by atoms with Crippen LogP contribution in [0.2, 0.25) is 0 Å². The van der Waals surface area contributed by atoms with Gasteiger partial charge in [0.05, 0.1) is 31.0 Å². The summed E-state index contributed by atoms with van der Waals surface area (Å²) in [5.74, 6) is -1.29. The number of hydrogen-bond acceptors (Lipinski definition) is 14. The summed E-state index contributed by atoms with van der Waals surface area (Å²) in [7, 11) is 1.46. The second kappa shape index (κ2) is 22.7. The van der Waals surface area contributed by atoms with E-state index in [2.05, 4.69) is 57.9 Å². The fourth-order valence-corrected chi connectivity index (χ4v) is 9.40. The summed E-state index contributed by atoms with van der Waals surface area (Å²) in [6.07, 6.45) is 4.54. The summed E-state index contributed by atoms with van der Waals surface area (Å²) < 4.78 is 59.8. The van der Waals surface area contributed by atoms with Crippen molar-refractivity contribution in [3.05, 3.63) is 137 Å². The maximum Gasteiger partial charge on any atom is 0.418 e. The van der Waals surface area contributed by atoms with Crippen molar-refractivity contribution >= 4 is 29.3 Å². The Hall–Kier alpha value is -7.23. The molecule has 3 aromatic carbocycles. The zero-order chi connectivity index (χ0) is 52.0. The monoisotopic (exact) mass is 1010 g/mol. The highest BCUT2D eigenvalue weighted by Crippen LogP contribution is 2.42. The molecule has 6 aromatic rings. The van der Waals surface area contributed by atoms with Gasteiger partial charge in [-0.25, -0.2) is 32.6 Å². The van der Waals surface area contributed by atoms with Gasteiger partial charge >= 0.3 is 17.8 Å². The molecule has 5 heterocycles. The lowest BCUT2D eigenvalue weighted by Crippen LogP contribution is -2.46. The highest BCUT2D eigenvalue weighted by atomic mass is 19.1. The number of benzene rings is 3. The van der Waals surface area contributed by atoms with Crippen molar-refractivity contribution < 1.29 is 47.0 Å². The van der Waals surface area contributed by atoms with Crippen molar-refractivity contribution in [2.75, 3.05) is 61.1 Å². The topological polar surface area (TPSA) is 201 Å². The number of hydrogen-bond donors (Lipinski definition) is 2. The van der Waals surface area contributed by atoms with E-state index in [0.29, 0.717) is 23.7 Å². The maximum atomic E-state index is 15.6. The third kappa shape index (κ3) is 11.8. The second-order valence-corrected chi connectivity index (χ2v) is 19.0. The van der Waals surface area contributed by atoms with Gasteiger partial charge in [0.1, 0.15) is 54.3 Å². The third-order valence-corrected chi connectivity index (χ3v) is 13.6. The Morgan fingerprint density at radius 2 is 1.63 bits per heavy atom. The summed E-state index contributed by atoms with van der Waals surface area (Å²) in [6.45, 7) is 12.9. The molecule has 0 spiro atoms. The van der Waals surface area contributed by atoms with Gasteiger partial charge in [0, 0.05) is 85.9 Å². The quantitative estimate of drug-likeness (QED) is 0.0742. The van der Waals surface area contributed by atoms with Crippen LogP contribution in [0, 0.1) is 23.5 Å². The van der Waals surface area contributed by atoms with Crippen LogP contribution in [0.15, 0.2) is 109 Å². The van der Waals surface area contributed by atoms with Gasteiger partial charge in [0.2, 0.25) is 12.6 Å². The molecular formula is C52H64F2N11O8+. The van der Waals surface area contributed by atoms with Crippen molar-refractivity contribution in [2.45, 2.75) is 90.6 Å². The van der Waals surface area contributed by atoms with Gasteiger partial charge in [0.25, 0.3) is 6.33 Å². The molecule has 388 valence electrons. The molecular weight excluding hydrogens is 945 g/mol. The Balaban J connectivity index is 0.848. The van der Waals surface area contributed by atoms with Crippen molar-refractivity contribution in [1.82, 2.24) is 29.1 Å². The molecule has 0 bridgehead atoms. The van der Waals surface area contributed by atoms with E-state index in [1.807, 2.05) is 36.4 Å². The zero-order valence-electron chi connectivity index (χ0n) is 42.0. The van der Waals surface area contributed by atoms with Crippen LogP contribution in [0.25, 0.3) is 5.69 Å². The molecule has 0 radical (unpaired) electrons. The number of amides is 1. The molecule has 3 aromatic heterocycles. The minimum absolute atomic E-state index is 0.0471. The zero-order valence-corrected chi connectivity index (χ0v) is 42.0. The molecule has 6 atom stereocenters. The smallest absolute Gasteiger partial charge is 0.418 e. The number of anilines is 3. The SMILES string of the molecule is CC[C@@H](C(C)C)n1ncn(-c2ccc(N3CCN(c4ccc(OC[C@@H]5CO[C@@](Cn6c[n+](C(C)OC(=O)N(C)c7ncccc7COC(=O)[C@@H](N)[C@@H](C)O)cn6)(c6ccc(F)cc6F)C5)cc4)CC3)cc2)c1=O. The molecule has 19 nitrogen and oxygen atoms in total. The van der Waals surface area contributed by atoms with E-state index in [1.165, 1.54) is 38.6 Å². The summed E-state index contributed by atoms with van der Waals surface area (Å²) in [5, 5.41) is 18.5. The first-order valence-electron chi connectivity index (χ1n) is 24.5. The molecule has 2 saturated heterocycles. The normalized spacial score (nSPS) is 18.6. The lowest BCUT2D eigenvalue weighted by molar-refractivity contribution is -0.753. The van der Waals surface area contributed by atoms with Crippen LogP contribution in [-0.2, 0) is 37.8 Å². The Labute approximate surface area is 422 Å². The van der Waals surface area contributed by atoms with Crippen LogP contribution in [0.1, 0.15) is 70.9 Å². The van der Waals surface area contributed by atoms with Gasteiger partial charge in [0.15, 0.2) is 0 Å². The van der Waals surface area contributed by atoms with Crippen molar-refractivity contribution in [1.29, 1.82) is 0 Å². The van der Waals surface area contributed by atoms with Gasteiger partial charge in [-0.2, -0.15) is 9.67 Å². The molecule has 2 aliphatic heterocycles. The van der Waals surface area contributed by atoms with Gasteiger partial charge in [-0.05, 0) is 86.3 Å². The summed E-state index contributed by atoms with van der Waals surface area (Å²) in [5.41, 5.74) is 7.84. The van der Waals surface area contributed by atoms with E-state index in [1.54, 1.807) is 50.2 Å². The van der Waals surface area contributed by atoms with Gasteiger partial charge in [-0.3, -0.25) is 9.69 Å². The fraction of sp³-hybridized carbons (Fsp3) is 0.442. The van der Waals surface area contributed by atoms with E-state index >= 15 is 4.39 Å². The van der Waals surface area contributed by atoms with Crippen LogP contribution >= 0.6 is 0 Å². The van der Waals surface area contributed by atoms with Crippen LogP contribution < -0.4 is 35.4 Å². The molecule has 0 saturated carbocycles. The predicted octanol–water partition coefficient (Wildman–Crippen LogP) is 5.68. The maximum absolute atomic E-state index is 15.6. The molecule has 1 amide bonds. The minimum Gasteiger partial charge on any atom is -0.493 e. The molecule has 0 aliphatic carbocycles. The van der Waals surface area contributed by atoms with Crippen LogP contribution in [0.5, 0.6) is 5.75 Å². The summed E-state index contributed by atoms with van der Waals surface area (Å²) >= 11 is 0. The Morgan fingerprint density at radius 1 is 0.959 bits per heavy atom. The van der Waals surface area contributed by atoms with Crippen LogP contribution in [0.4, 0.5) is 30.8 Å². The number of halogens is 2. The van der Waals surface area contributed by atoms with Gasteiger partial charge in [-0.15, -0.1) is 4.68 Å². The third-order valence-electron chi connectivity index (χ3n) is 13.6. The minimum atomic E-state index is -1.24. The summed E-state index contributed by atoms with van der Waals surface area (Å²) in [4.78, 5) is 48.9. The average Bonchev–Trinajstić information content (AvgIpc) is 4.14. The van der Waals surface area contributed by atoms with Crippen molar-refractivity contribution in [3.63, 3.8) is 0 Å². The number of rotatable bonds is 19. The molecule has 21 heteroatoms. The number of aliphatic hydroxyl groups is 1. The first kappa shape index (κ1) is 52.1. The van der Waals surface area contributed by atoms with Gasteiger partial charge in [-0.1, -0.05) is 32.9 Å². The van der Waals surface area contributed by atoms with E-state index in [-0.39, 0.29) is 55.4 Å². The second-order valence-electron chi connectivity index (χ2n) is 19.0. The number of carbonyl (C=O) groups excluding carboxylic acids is 2. The fourth-order valence-electron chi connectivity index (χ4n) is 9.40. The first-order chi connectivity index (χ1) is 35.0. The molecule has 8 rings (SSSR count). The standard InChI is InChI=1S/C52H64F2N11O8/c1-7-46(34(2)3)65-50(68)64(32-58-65)42-13-11-40(12-14-42)60-21-23-61(24-22-60)41-15-17-43(18-16-41)70-27-37-26-52(72-28-37,44-19-10-39(53)25-45(44)54)30-63-33-62(31-57-63)36(5)73-51(69)59(6)48-38(9-8-20-56-48)29-71-49(67)47(55)35(4)66/h8-20,25,31-37,46-47,66H,7,21-24,26-30,55H2,1-6H3/q+1/t35-,36?,37-,46+,47+,52+/m1/s1. The number of piperazine rings is 1. The number of pyridine rings is 1. The molecule has 3 N–H and O–H groups in total. The van der Waals surface area contributed by atoms with Crippen molar-refractivity contribution in [2.24, 2.45) is 17.6 Å². The molecule has 2 fully saturated rings. The number of esters is 1. The van der Waals surface area contributed by atoms with E-state index in [4.69, 9.17) is 24.7 Å². The number of aliphatic hydroxyl groups excluding tert-OH is 1. The molecule has 2 aliphatic rings. The highest BCUT2D eigenvalue weighted by Gasteiger charge is 2.46. The number of nitrogens with two attached hydrogens (primary N) is 1. The van der Waals surface area contributed by atoms with E-state index in [9.17, 15) is 23.9 Å². The number of carbonyl (C=O) groups is 2. The van der Waals surface area contributed by atoms with E-state index in [0.717, 1.165) is 60.6 Å². The molecule has 1 unspecified atom stereocenters. The lowest BCUT2D eigenvalue weighted by atomic mass is 9.87. The highest BCUT2D eigenvalue weighted by molar-refractivity contribution is 5.86. The number of aromatic nitrogens is 7. The van der Waals surface area contributed by atoms with Crippen LogP contribution in [0.3, 0.4) is 0 Å². The Morgan fingerprint density at radius 3 is 2.27 bits per heavy atom. The van der Waals surface area contributed by atoms with Gasteiger partial charge < -0.3 is 39.6 Å².